The number of methoxy groups -OCH3 is 1. The first-order valence-electron chi connectivity index (χ1n) is 10.7. The van der Waals surface area contributed by atoms with Crippen molar-refractivity contribution in [2.75, 3.05) is 12.0 Å². The molecule has 0 spiro atoms. The average molecular weight is 448 g/mol. The molecule has 0 bridgehead atoms. The molecule has 1 aromatic rings. The third-order valence-electron chi connectivity index (χ3n) is 5.42. The van der Waals surface area contributed by atoms with Gasteiger partial charge < -0.3 is 14.7 Å². The van der Waals surface area contributed by atoms with E-state index in [1.165, 1.54) is 23.3 Å². The SMILES string of the molecule is COC(=O)c1sc(C#CC(C)(C)C)cc1N(C(=O)C1CCC(C)CC1)[C@@H](C)CC(=O)O. The second-order valence-electron chi connectivity index (χ2n) is 9.43. The zero-order chi connectivity index (χ0) is 23.3. The Bertz CT molecular complexity index is 878. The van der Waals surface area contributed by atoms with Gasteiger partial charge in [-0.2, -0.15) is 0 Å². The zero-order valence-corrected chi connectivity index (χ0v) is 20.1. The Morgan fingerprint density at radius 2 is 1.87 bits per heavy atom. The van der Waals surface area contributed by atoms with Crippen molar-refractivity contribution in [1.82, 2.24) is 0 Å². The number of thiophene rings is 1. The van der Waals surface area contributed by atoms with Crippen molar-refractivity contribution in [2.24, 2.45) is 17.3 Å². The van der Waals surface area contributed by atoms with Crippen molar-refractivity contribution in [3.63, 3.8) is 0 Å². The minimum Gasteiger partial charge on any atom is -0.481 e. The summed E-state index contributed by atoms with van der Waals surface area (Å²) in [5.74, 6) is 4.96. The Kier molecular flexibility index (Phi) is 8.30. The van der Waals surface area contributed by atoms with Gasteiger partial charge in [-0.3, -0.25) is 9.59 Å². The predicted octanol–water partition coefficient (Wildman–Crippen LogP) is 4.95. The summed E-state index contributed by atoms with van der Waals surface area (Å²) in [4.78, 5) is 39.9. The molecule has 1 saturated carbocycles. The number of hydrogen-bond donors (Lipinski definition) is 1. The van der Waals surface area contributed by atoms with Gasteiger partial charge in [-0.1, -0.05) is 18.8 Å². The lowest BCUT2D eigenvalue weighted by Gasteiger charge is -2.34. The number of rotatable bonds is 6. The third kappa shape index (κ3) is 6.83. The van der Waals surface area contributed by atoms with E-state index in [0.717, 1.165) is 25.7 Å². The van der Waals surface area contributed by atoms with Crippen LogP contribution in [0.5, 0.6) is 0 Å². The molecule has 0 radical (unpaired) electrons. The normalized spacial score (nSPS) is 19.7. The van der Waals surface area contributed by atoms with Crippen molar-refractivity contribution in [1.29, 1.82) is 0 Å². The van der Waals surface area contributed by atoms with Crippen LogP contribution in [0.2, 0.25) is 0 Å². The quantitative estimate of drug-likeness (QED) is 0.492. The summed E-state index contributed by atoms with van der Waals surface area (Å²) in [5, 5.41) is 9.36. The van der Waals surface area contributed by atoms with E-state index in [0.29, 0.717) is 16.5 Å². The van der Waals surface area contributed by atoms with E-state index in [1.54, 1.807) is 13.0 Å². The average Bonchev–Trinajstić information content (AvgIpc) is 3.09. The number of anilines is 1. The summed E-state index contributed by atoms with van der Waals surface area (Å²) < 4.78 is 4.95. The van der Waals surface area contributed by atoms with Crippen molar-refractivity contribution >= 4 is 34.9 Å². The molecule has 1 heterocycles. The van der Waals surface area contributed by atoms with Gasteiger partial charge in [-0.05, 0) is 65.4 Å². The fourth-order valence-electron chi connectivity index (χ4n) is 3.73. The van der Waals surface area contributed by atoms with Crippen LogP contribution in [0.3, 0.4) is 0 Å². The van der Waals surface area contributed by atoms with Crippen LogP contribution in [0.1, 0.15) is 81.3 Å². The number of ether oxygens (including phenoxy) is 1. The number of carbonyl (C=O) groups excluding carboxylic acids is 2. The maximum Gasteiger partial charge on any atom is 0.350 e. The predicted molar refractivity (Wildman–Crippen MR) is 122 cm³/mol. The van der Waals surface area contributed by atoms with Gasteiger partial charge in [0.05, 0.1) is 24.1 Å². The van der Waals surface area contributed by atoms with Crippen molar-refractivity contribution in [3.05, 3.63) is 15.8 Å². The third-order valence-corrected chi connectivity index (χ3v) is 6.44. The highest BCUT2D eigenvalue weighted by molar-refractivity contribution is 7.15. The molecule has 0 saturated heterocycles. The molecule has 1 N–H and O–H groups in total. The Hall–Kier alpha value is -2.33. The molecule has 1 aliphatic rings. The first-order chi connectivity index (χ1) is 14.4. The van der Waals surface area contributed by atoms with Gasteiger partial charge in [0.1, 0.15) is 4.88 Å². The molecule has 1 aliphatic carbocycles. The Morgan fingerprint density at radius 3 is 2.39 bits per heavy atom. The summed E-state index contributed by atoms with van der Waals surface area (Å²) in [6.45, 7) is 9.86. The molecule has 1 atom stereocenters. The highest BCUT2D eigenvalue weighted by atomic mass is 32.1. The molecule has 0 aromatic carbocycles. The van der Waals surface area contributed by atoms with Crippen LogP contribution in [-0.4, -0.2) is 36.1 Å². The Balaban J connectivity index is 2.53. The monoisotopic (exact) mass is 447 g/mol. The number of hydrogen-bond acceptors (Lipinski definition) is 5. The van der Waals surface area contributed by atoms with Gasteiger partial charge >= 0.3 is 11.9 Å². The summed E-state index contributed by atoms with van der Waals surface area (Å²) in [6, 6.07) is 1.11. The molecule has 170 valence electrons. The van der Waals surface area contributed by atoms with Crippen LogP contribution in [0.25, 0.3) is 0 Å². The lowest BCUT2D eigenvalue weighted by Crippen LogP contribution is -2.44. The second kappa shape index (κ2) is 10.3. The van der Waals surface area contributed by atoms with Crippen LogP contribution in [0.4, 0.5) is 5.69 Å². The van der Waals surface area contributed by atoms with E-state index in [2.05, 4.69) is 18.8 Å². The molecule has 1 fully saturated rings. The first-order valence-corrected chi connectivity index (χ1v) is 11.5. The topological polar surface area (TPSA) is 83.9 Å². The van der Waals surface area contributed by atoms with Crippen molar-refractivity contribution in [2.45, 2.75) is 72.8 Å². The first kappa shape index (κ1) is 24.9. The second-order valence-corrected chi connectivity index (χ2v) is 10.5. The van der Waals surface area contributed by atoms with Crippen LogP contribution in [-0.2, 0) is 14.3 Å². The molecule has 7 heteroatoms. The number of esters is 1. The molecule has 1 aromatic heterocycles. The summed E-state index contributed by atoms with van der Waals surface area (Å²) >= 11 is 1.17. The van der Waals surface area contributed by atoms with E-state index in [9.17, 15) is 19.5 Å². The fraction of sp³-hybridized carbons (Fsp3) is 0.625. The number of carbonyl (C=O) groups is 3. The fourth-order valence-corrected chi connectivity index (χ4v) is 4.65. The summed E-state index contributed by atoms with van der Waals surface area (Å²) in [7, 11) is 1.29. The highest BCUT2D eigenvalue weighted by Gasteiger charge is 2.35. The van der Waals surface area contributed by atoms with Gasteiger partial charge in [0.2, 0.25) is 5.91 Å². The molecule has 31 heavy (non-hydrogen) atoms. The number of carboxylic acids is 1. The summed E-state index contributed by atoms with van der Waals surface area (Å²) in [5.41, 5.74) is 0.174. The molecule has 6 nitrogen and oxygen atoms in total. The molecular formula is C24H33NO5S. The van der Waals surface area contributed by atoms with Gasteiger partial charge in [0.25, 0.3) is 0 Å². The molecule has 1 amide bonds. The molecular weight excluding hydrogens is 414 g/mol. The lowest BCUT2D eigenvalue weighted by atomic mass is 9.82. The van der Waals surface area contributed by atoms with Crippen molar-refractivity contribution in [3.8, 4) is 11.8 Å². The standard InChI is InChI=1S/C24H33NO5S/c1-15-7-9-17(10-8-15)22(28)25(16(2)13-20(26)27)19-14-18(11-12-24(3,4)5)31-21(19)23(29)30-6/h14-17H,7-10,13H2,1-6H3,(H,26,27)/t15?,16-,17?/m0/s1. The zero-order valence-electron chi connectivity index (χ0n) is 19.3. The van der Waals surface area contributed by atoms with Gasteiger partial charge in [-0.15, -0.1) is 11.3 Å². The van der Waals surface area contributed by atoms with E-state index in [4.69, 9.17) is 4.74 Å². The molecule has 2 rings (SSSR count). The maximum absolute atomic E-state index is 13.6. The van der Waals surface area contributed by atoms with Crippen LogP contribution in [0, 0.1) is 29.1 Å². The van der Waals surface area contributed by atoms with Gasteiger partial charge in [-0.25, -0.2) is 4.79 Å². The Labute approximate surface area is 189 Å². The van der Waals surface area contributed by atoms with E-state index >= 15 is 0 Å². The molecule has 0 unspecified atom stereocenters. The van der Waals surface area contributed by atoms with E-state index in [-0.39, 0.29) is 28.5 Å². The largest absolute Gasteiger partial charge is 0.481 e. The summed E-state index contributed by atoms with van der Waals surface area (Å²) in [6.07, 6.45) is 3.25. The highest BCUT2D eigenvalue weighted by Crippen LogP contribution is 2.37. The minimum atomic E-state index is -0.995. The van der Waals surface area contributed by atoms with E-state index in [1.807, 2.05) is 20.8 Å². The van der Waals surface area contributed by atoms with Crippen LogP contribution < -0.4 is 4.90 Å². The van der Waals surface area contributed by atoms with E-state index < -0.39 is 18.0 Å². The molecule has 0 aliphatic heterocycles. The minimum absolute atomic E-state index is 0.126. The number of nitrogens with zero attached hydrogens (tertiary/aromatic N) is 1. The van der Waals surface area contributed by atoms with Gasteiger partial charge in [0, 0.05) is 17.4 Å². The van der Waals surface area contributed by atoms with Gasteiger partial charge in [0.15, 0.2) is 0 Å². The van der Waals surface area contributed by atoms with Crippen LogP contribution in [0.15, 0.2) is 6.07 Å². The smallest absolute Gasteiger partial charge is 0.350 e. The number of amides is 1. The lowest BCUT2D eigenvalue weighted by molar-refractivity contribution is -0.137. The van der Waals surface area contributed by atoms with Crippen LogP contribution >= 0.6 is 11.3 Å². The Morgan fingerprint density at radius 1 is 1.26 bits per heavy atom. The maximum atomic E-state index is 13.6. The van der Waals surface area contributed by atoms with Crippen molar-refractivity contribution < 1.29 is 24.2 Å². The number of aliphatic carboxylic acids is 1. The number of carboxylic acid groups (broad SMARTS) is 1.